The summed E-state index contributed by atoms with van der Waals surface area (Å²) in [6.07, 6.45) is 0.901. The highest BCUT2D eigenvalue weighted by Crippen LogP contribution is 2.25. The first kappa shape index (κ1) is 11.8. The van der Waals surface area contributed by atoms with Crippen LogP contribution in [0, 0.1) is 11.6 Å². The predicted molar refractivity (Wildman–Crippen MR) is 68.4 cm³/mol. The second-order valence-electron chi connectivity index (χ2n) is 4.47. The molecule has 0 radical (unpaired) electrons. The van der Waals surface area contributed by atoms with Gasteiger partial charge in [0, 0.05) is 17.8 Å². The highest BCUT2D eigenvalue weighted by Gasteiger charge is 2.20. The van der Waals surface area contributed by atoms with Crippen LogP contribution >= 0.6 is 0 Å². The minimum Gasteiger partial charge on any atom is -0.384 e. The number of hydrogen-bond acceptors (Lipinski definition) is 2. The summed E-state index contributed by atoms with van der Waals surface area (Å²) in [7, 11) is 0. The normalized spacial score (nSPS) is 12.9. The molecule has 2 nitrogen and oxygen atoms in total. The van der Waals surface area contributed by atoms with Crippen molar-refractivity contribution < 1.29 is 13.6 Å². The summed E-state index contributed by atoms with van der Waals surface area (Å²) in [6, 6.07) is 8.49. The van der Waals surface area contributed by atoms with Gasteiger partial charge >= 0.3 is 0 Å². The van der Waals surface area contributed by atoms with Gasteiger partial charge in [-0.25, -0.2) is 8.78 Å². The Hall–Kier alpha value is -2.23. The summed E-state index contributed by atoms with van der Waals surface area (Å²) in [6.45, 7) is 0.820. The zero-order valence-corrected chi connectivity index (χ0v) is 10.0. The van der Waals surface area contributed by atoms with Crippen molar-refractivity contribution in [2.45, 2.75) is 6.42 Å². The van der Waals surface area contributed by atoms with Crippen LogP contribution < -0.4 is 5.32 Å². The number of benzene rings is 2. The number of carbonyl (C=O) groups is 1. The van der Waals surface area contributed by atoms with Crippen LogP contribution in [0.25, 0.3) is 0 Å². The van der Waals surface area contributed by atoms with E-state index in [-0.39, 0.29) is 5.56 Å². The lowest BCUT2D eigenvalue weighted by Gasteiger charge is -2.06. The standard InChI is InChI=1S/C15H11F2NO/c16-11-2-1-3-12(17)14(11)15(19)10-5-4-9-6-7-18-13(9)8-10/h1-5,8,18H,6-7H2. The van der Waals surface area contributed by atoms with Gasteiger partial charge in [0.05, 0.1) is 5.56 Å². The van der Waals surface area contributed by atoms with Gasteiger partial charge in [-0.1, -0.05) is 18.2 Å². The fourth-order valence-electron chi connectivity index (χ4n) is 2.29. The summed E-state index contributed by atoms with van der Waals surface area (Å²) in [4.78, 5) is 12.2. The van der Waals surface area contributed by atoms with E-state index < -0.39 is 23.0 Å². The van der Waals surface area contributed by atoms with Gasteiger partial charge in [-0.05, 0) is 30.2 Å². The van der Waals surface area contributed by atoms with Gasteiger partial charge < -0.3 is 5.32 Å². The van der Waals surface area contributed by atoms with Crippen LogP contribution in [-0.2, 0) is 6.42 Å². The lowest BCUT2D eigenvalue weighted by atomic mass is 10.00. The molecule has 0 saturated heterocycles. The first-order valence-electron chi connectivity index (χ1n) is 6.02. The second-order valence-corrected chi connectivity index (χ2v) is 4.47. The number of ketones is 1. The molecule has 0 unspecified atom stereocenters. The van der Waals surface area contributed by atoms with Crippen LogP contribution in [0.4, 0.5) is 14.5 Å². The van der Waals surface area contributed by atoms with Crippen molar-refractivity contribution in [3.63, 3.8) is 0 Å². The summed E-state index contributed by atoms with van der Waals surface area (Å²) >= 11 is 0. The molecule has 0 spiro atoms. The zero-order chi connectivity index (χ0) is 13.4. The van der Waals surface area contributed by atoms with Gasteiger partial charge in [0.15, 0.2) is 5.78 Å². The SMILES string of the molecule is O=C(c1ccc2c(c1)NCC2)c1c(F)cccc1F. The van der Waals surface area contributed by atoms with E-state index >= 15 is 0 Å². The average Bonchev–Trinajstić information content (AvgIpc) is 2.85. The van der Waals surface area contributed by atoms with Crippen molar-refractivity contribution in [3.05, 3.63) is 64.7 Å². The molecule has 0 saturated carbocycles. The Balaban J connectivity index is 2.05. The maximum Gasteiger partial charge on any atom is 0.199 e. The molecule has 0 atom stereocenters. The van der Waals surface area contributed by atoms with E-state index in [4.69, 9.17) is 0 Å². The van der Waals surface area contributed by atoms with Crippen molar-refractivity contribution in [1.82, 2.24) is 0 Å². The Morgan fingerprint density at radius 1 is 1.11 bits per heavy atom. The maximum absolute atomic E-state index is 13.6. The highest BCUT2D eigenvalue weighted by atomic mass is 19.1. The number of fused-ring (bicyclic) bond motifs is 1. The number of rotatable bonds is 2. The first-order chi connectivity index (χ1) is 9.16. The van der Waals surface area contributed by atoms with E-state index in [0.717, 1.165) is 36.3 Å². The van der Waals surface area contributed by atoms with Crippen molar-refractivity contribution in [2.75, 3.05) is 11.9 Å². The number of anilines is 1. The number of carbonyl (C=O) groups excluding carboxylic acids is 1. The third-order valence-corrected chi connectivity index (χ3v) is 3.27. The molecule has 0 fully saturated rings. The molecular formula is C15H11F2NO. The summed E-state index contributed by atoms with van der Waals surface area (Å²) < 4.78 is 27.2. The largest absolute Gasteiger partial charge is 0.384 e. The maximum atomic E-state index is 13.6. The smallest absolute Gasteiger partial charge is 0.199 e. The van der Waals surface area contributed by atoms with Crippen LogP contribution in [0.15, 0.2) is 36.4 Å². The molecule has 0 aliphatic carbocycles. The van der Waals surface area contributed by atoms with Crippen LogP contribution in [0.2, 0.25) is 0 Å². The lowest BCUT2D eigenvalue weighted by molar-refractivity contribution is 0.103. The monoisotopic (exact) mass is 259 g/mol. The van der Waals surface area contributed by atoms with Gasteiger partial charge in [-0.3, -0.25) is 4.79 Å². The van der Waals surface area contributed by atoms with Crippen LogP contribution in [-0.4, -0.2) is 12.3 Å². The van der Waals surface area contributed by atoms with Gasteiger partial charge in [0.1, 0.15) is 11.6 Å². The van der Waals surface area contributed by atoms with Gasteiger partial charge in [-0.15, -0.1) is 0 Å². The van der Waals surface area contributed by atoms with E-state index in [1.807, 2.05) is 6.07 Å². The van der Waals surface area contributed by atoms with Crippen LogP contribution in [0.5, 0.6) is 0 Å². The molecule has 96 valence electrons. The topological polar surface area (TPSA) is 29.1 Å². The summed E-state index contributed by atoms with van der Waals surface area (Å²) in [5, 5.41) is 3.14. The predicted octanol–water partition coefficient (Wildman–Crippen LogP) is 3.16. The Kier molecular flexibility index (Phi) is 2.78. The quantitative estimate of drug-likeness (QED) is 0.839. The zero-order valence-electron chi connectivity index (χ0n) is 10.0. The molecule has 1 N–H and O–H groups in total. The van der Waals surface area contributed by atoms with E-state index in [2.05, 4.69) is 5.32 Å². The van der Waals surface area contributed by atoms with E-state index in [1.165, 1.54) is 6.07 Å². The fraction of sp³-hybridized carbons (Fsp3) is 0.133. The molecule has 2 aromatic carbocycles. The molecule has 1 aliphatic heterocycles. The molecular weight excluding hydrogens is 248 g/mol. The van der Waals surface area contributed by atoms with Gasteiger partial charge in [-0.2, -0.15) is 0 Å². The third kappa shape index (κ3) is 1.99. The lowest BCUT2D eigenvalue weighted by Crippen LogP contribution is -2.07. The van der Waals surface area contributed by atoms with Crippen LogP contribution in [0.1, 0.15) is 21.5 Å². The number of nitrogens with one attached hydrogen (secondary N) is 1. The van der Waals surface area contributed by atoms with E-state index in [0.29, 0.717) is 0 Å². The molecule has 4 heteroatoms. The third-order valence-electron chi connectivity index (χ3n) is 3.27. The molecule has 2 aromatic rings. The molecule has 0 amide bonds. The van der Waals surface area contributed by atoms with Crippen molar-refractivity contribution in [1.29, 1.82) is 0 Å². The fourth-order valence-corrected chi connectivity index (χ4v) is 2.29. The second kappa shape index (κ2) is 4.46. The van der Waals surface area contributed by atoms with Crippen molar-refractivity contribution in [2.24, 2.45) is 0 Å². The highest BCUT2D eigenvalue weighted by molar-refractivity contribution is 6.09. The molecule has 19 heavy (non-hydrogen) atoms. The Bertz CT molecular complexity index is 647. The average molecular weight is 259 g/mol. The number of halogens is 2. The summed E-state index contributed by atoms with van der Waals surface area (Å²) in [5.74, 6) is -2.30. The van der Waals surface area contributed by atoms with Crippen LogP contribution in [0.3, 0.4) is 0 Å². The molecule has 0 aromatic heterocycles. The Morgan fingerprint density at radius 3 is 2.58 bits per heavy atom. The van der Waals surface area contributed by atoms with E-state index in [9.17, 15) is 13.6 Å². The molecule has 0 bridgehead atoms. The molecule has 3 rings (SSSR count). The Labute approximate surface area is 109 Å². The molecule has 1 heterocycles. The van der Waals surface area contributed by atoms with Gasteiger partial charge in [0.25, 0.3) is 0 Å². The Morgan fingerprint density at radius 2 is 1.84 bits per heavy atom. The summed E-state index contributed by atoms with van der Waals surface area (Å²) in [5.41, 5.74) is 1.77. The number of hydrogen-bond donors (Lipinski definition) is 1. The first-order valence-corrected chi connectivity index (χ1v) is 6.02. The van der Waals surface area contributed by atoms with Crippen molar-refractivity contribution >= 4 is 11.5 Å². The minimum absolute atomic E-state index is 0.289. The minimum atomic E-state index is -0.835. The van der Waals surface area contributed by atoms with Gasteiger partial charge in [0.2, 0.25) is 0 Å². The van der Waals surface area contributed by atoms with Crippen molar-refractivity contribution in [3.8, 4) is 0 Å². The van der Waals surface area contributed by atoms with E-state index in [1.54, 1.807) is 12.1 Å². The molecule has 1 aliphatic rings.